The van der Waals surface area contributed by atoms with E-state index >= 15 is 0 Å². The number of hydrogen-bond donors (Lipinski definition) is 0. The van der Waals surface area contributed by atoms with Crippen LogP contribution in [-0.4, -0.2) is 57.0 Å². The first-order chi connectivity index (χ1) is 17.2. The molecule has 1 aliphatic carbocycles. The molecule has 1 saturated carbocycles. The molecule has 7 rings (SSSR count). The molecule has 3 aromatic rings. The monoisotopic (exact) mass is 470 g/mol. The number of likely N-dealkylation sites (tertiary alicyclic amines) is 1. The van der Waals surface area contributed by atoms with Gasteiger partial charge in [0.1, 0.15) is 23.2 Å². The highest BCUT2D eigenvalue weighted by atomic mass is 16.5. The average molecular weight is 471 g/mol. The third-order valence-electron chi connectivity index (χ3n) is 7.88. The number of fused-ring (bicyclic) bond motifs is 3. The minimum atomic E-state index is -0.380. The Labute approximate surface area is 202 Å². The summed E-state index contributed by atoms with van der Waals surface area (Å²) in [5, 5.41) is 4.28. The van der Waals surface area contributed by atoms with Crippen LogP contribution in [-0.2, 0) is 35.4 Å². The Hall–Kier alpha value is -3.68. The first-order valence-electron chi connectivity index (χ1n) is 12.4. The molecule has 8 nitrogen and oxygen atoms in total. The van der Waals surface area contributed by atoms with E-state index in [0.29, 0.717) is 38.5 Å². The van der Waals surface area contributed by atoms with E-state index in [4.69, 9.17) is 9.26 Å². The van der Waals surface area contributed by atoms with Gasteiger partial charge in [-0.25, -0.2) is 0 Å². The summed E-state index contributed by atoms with van der Waals surface area (Å²) in [6, 6.07) is 9.63. The number of pyridine rings is 1. The van der Waals surface area contributed by atoms with Gasteiger partial charge in [0.05, 0.1) is 19.6 Å². The molecule has 1 aromatic carbocycles. The molecule has 178 valence electrons. The van der Waals surface area contributed by atoms with Crippen molar-refractivity contribution < 1.29 is 18.8 Å². The zero-order valence-electron chi connectivity index (χ0n) is 19.4. The zero-order valence-corrected chi connectivity index (χ0v) is 19.4. The average Bonchev–Trinajstić information content (AvgIpc) is 3.23. The van der Waals surface area contributed by atoms with Gasteiger partial charge < -0.3 is 19.1 Å². The number of nitrogens with zero attached hydrogens (tertiary/aromatic N) is 4. The first kappa shape index (κ1) is 20.7. The fourth-order valence-corrected chi connectivity index (χ4v) is 6.00. The van der Waals surface area contributed by atoms with Crippen molar-refractivity contribution >= 4 is 11.8 Å². The number of hydrogen-bond acceptors (Lipinski definition) is 6. The molecule has 0 N–H and O–H groups in total. The molecule has 0 bridgehead atoms. The maximum absolute atomic E-state index is 13.7. The van der Waals surface area contributed by atoms with Gasteiger partial charge in [-0.2, -0.15) is 0 Å². The van der Waals surface area contributed by atoms with Crippen LogP contribution in [0.3, 0.4) is 0 Å². The van der Waals surface area contributed by atoms with Crippen molar-refractivity contribution in [3.8, 4) is 17.0 Å². The second-order valence-corrected chi connectivity index (χ2v) is 10.0. The lowest BCUT2D eigenvalue weighted by molar-refractivity contribution is -0.145. The second kappa shape index (κ2) is 7.93. The molecule has 8 heteroatoms. The van der Waals surface area contributed by atoms with Gasteiger partial charge in [-0.05, 0) is 48.1 Å². The highest BCUT2D eigenvalue weighted by Crippen LogP contribution is 2.48. The molecule has 1 saturated heterocycles. The molecule has 2 amide bonds. The Balaban J connectivity index is 1.09. The third kappa shape index (κ3) is 3.50. The SMILES string of the molecule is O=C([C@@H]1C[C@@H]2C[C@@H]2N1C(=O)Cc1ccc2c(c1)CCO2)N1CCc2onc(-c3ccncc3)c2C1. The van der Waals surface area contributed by atoms with Crippen LogP contribution in [0, 0.1) is 5.92 Å². The summed E-state index contributed by atoms with van der Waals surface area (Å²) in [4.78, 5) is 35.0. The lowest BCUT2D eigenvalue weighted by atomic mass is 10.0. The third-order valence-corrected chi connectivity index (χ3v) is 7.88. The number of carbonyl (C=O) groups is 2. The number of amides is 2. The summed E-state index contributed by atoms with van der Waals surface area (Å²) in [5.41, 5.74) is 4.80. The Morgan fingerprint density at radius 1 is 1.09 bits per heavy atom. The number of piperidine rings is 1. The molecule has 0 unspecified atom stereocenters. The Kier molecular flexibility index (Phi) is 4.69. The highest BCUT2D eigenvalue weighted by Gasteiger charge is 2.56. The highest BCUT2D eigenvalue weighted by molar-refractivity contribution is 5.90. The molecule has 2 fully saturated rings. The summed E-state index contributed by atoms with van der Waals surface area (Å²) >= 11 is 0. The van der Waals surface area contributed by atoms with Crippen molar-refractivity contribution in [3.05, 3.63) is 65.2 Å². The lowest BCUT2D eigenvalue weighted by Gasteiger charge is -2.33. The quantitative estimate of drug-likeness (QED) is 0.583. The van der Waals surface area contributed by atoms with Crippen molar-refractivity contribution in [2.45, 2.75) is 50.7 Å². The maximum atomic E-state index is 13.7. The van der Waals surface area contributed by atoms with Crippen LogP contribution < -0.4 is 4.74 Å². The predicted molar refractivity (Wildman–Crippen MR) is 125 cm³/mol. The van der Waals surface area contributed by atoms with Crippen molar-refractivity contribution in [1.82, 2.24) is 19.9 Å². The van der Waals surface area contributed by atoms with Crippen molar-refractivity contribution in [1.29, 1.82) is 0 Å². The molecular formula is C27H26N4O4. The molecule has 35 heavy (non-hydrogen) atoms. The largest absolute Gasteiger partial charge is 0.493 e. The van der Waals surface area contributed by atoms with E-state index in [1.165, 1.54) is 0 Å². The van der Waals surface area contributed by atoms with Crippen LogP contribution in [0.2, 0.25) is 0 Å². The summed E-state index contributed by atoms with van der Waals surface area (Å²) in [6.45, 7) is 1.73. The zero-order chi connectivity index (χ0) is 23.5. The molecule has 5 heterocycles. The fraction of sp³-hybridized carbons (Fsp3) is 0.407. The minimum Gasteiger partial charge on any atom is -0.493 e. The van der Waals surface area contributed by atoms with E-state index in [1.807, 2.05) is 34.1 Å². The van der Waals surface area contributed by atoms with Gasteiger partial charge in [-0.15, -0.1) is 0 Å². The summed E-state index contributed by atoms with van der Waals surface area (Å²) in [6.07, 6.45) is 7.06. The van der Waals surface area contributed by atoms with E-state index in [9.17, 15) is 9.59 Å². The molecular weight excluding hydrogens is 444 g/mol. The Bertz CT molecular complexity index is 1320. The van der Waals surface area contributed by atoms with Gasteiger partial charge in [-0.1, -0.05) is 17.3 Å². The molecule has 3 aliphatic heterocycles. The van der Waals surface area contributed by atoms with Gasteiger partial charge in [-0.3, -0.25) is 14.6 Å². The van der Waals surface area contributed by atoms with Crippen molar-refractivity contribution in [3.63, 3.8) is 0 Å². The summed E-state index contributed by atoms with van der Waals surface area (Å²) < 4.78 is 11.2. The lowest BCUT2D eigenvalue weighted by Crippen LogP contribution is -2.50. The Morgan fingerprint density at radius 3 is 2.86 bits per heavy atom. The molecule has 2 aromatic heterocycles. The van der Waals surface area contributed by atoms with E-state index in [-0.39, 0.29) is 23.9 Å². The smallest absolute Gasteiger partial charge is 0.245 e. The van der Waals surface area contributed by atoms with Crippen LogP contribution in [0.5, 0.6) is 5.75 Å². The summed E-state index contributed by atoms with van der Waals surface area (Å²) in [7, 11) is 0. The van der Waals surface area contributed by atoms with Crippen LogP contribution in [0.1, 0.15) is 35.3 Å². The van der Waals surface area contributed by atoms with E-state index < -0.39 is 0 Å². The maximum Gasteiger partial charge on any atom is 0.245 e. The Morgan fingerprint density at radius 2 is 1.97 bits per heavy atom. The summed E-state index contributed by atoms with van der Waals surface area (Å²) in [5.74, 6) is 2.29. The van der Waals surface area contributed by atoms with Crippen LogP contribution >= 0.6 is 0 Å². The van der Waals surface area contributed by atoms with Crippen LogP contribution in [0.25, 0.3) is 11.3 Å². The molecule has 3 atom stereocenters. The van der Waals surface area contributed by atoms with E-state index in [0.717, 1.165) is 58.7 Å². The van der Waals surface area contributed by atoms with Crippen LogP contribution in [0.4, 0.5) is 0 Å². The predicted octanol–water partition coefficient (Wildman–Crippen LogP) is 2.79. The standard InChI is InChI=1S/C27H26N4O4/c32-25(12-16-1-2-23-18(11-16)6-10-34-23)31-21-13-19(21)14-22(31)27(33)30-9-5-24-20(15-30)26(29-35-24)17-3-7-28-8-4-17/h1-4,7-8,11,19,21-22H,5-6,9-10,12-15H2/t19-,21-,22-/m0/s1. The number of aromatic nitrogens is 2. The van der Waals surface area contributed by atoms with Gasteiger partial charge >= 0.3 is 0 Å². The van der Waals surface area contributed by atoms with E-state index in [2.05, 4.69) is 16.2 Å². The van der Waals surface area contributed by atoms with Gasteiger partial charge in [0, 0.05) is 48.9 Å². The fourth-order valence-electron chi connectivity index (χ4n) is 6.00. The first-order valence-corrected chi connectivity index (χ1v) is 12.4. The second-order valence-electron chi connectivity index (χ2n) is 10.0. The number of ether oxygens (including phenoxy) is 1. The van der Waals surface area contributed by atoms with Crippen LogP contribution in [0.15, 0.2) is 47.2 Å². The van der Waals surface area contributed by atoms with Crippen molar-refractivity contribution in [2.24, 2.45) is 5.92 Å². The van der Waals surface area contributed by atoms with Gasteiger partial charge in [0.15, 0.2) is 0 Å². The molecule has 0 radical (unpaired) electrons. The number of benzene rings is 1. The topological polar surface area (TPSA) is 88.8 Å². The minimum absolute atomic E-state index is 0.0421. The number of rotatable bonds is 4. The van der Waals surface area contributed by atoms with Crippen molar-refractivity contribution in [2.75, 3.05) is 13.2 Å². The van der Waals surface area contributed by atoms with E-state index in [1.54, 1.807) is 12.4 Å². The molecule has 4 aliphatic rings. The number of carbonyl (C=O) groups excluding carboxylic acids is 2. The molecule has 0 spiro atoms. The normalized spacial score (nSPS) is 23.9. The van der Waals surface area contributed by atoms with Gasteiger partial charge in [0.2, 0.25) is 11.8 Å². The van der Waals surface area contributed by atoms with Gasteiger partial charge in [0.25, 0.3) is 0 Å².